The number of nitrogen functional groups attached to an aromatic ring is 1. The van der Waals surface area contributed by atoms with Gasteiger partial charge in [0.05, 0.1) is 11.8 Å². The van der Waals surface area contributed by atoms with Gasteiger partial charge in [0.2, 0.25) is 0 Å². The van der Waals surface area contributed by atoms with Crippen molar-refractivity contribution in [3.8, 4) is 0 Å². The van der Waals surface area contributed by atoms with E-state index in [1.54, 1.807) is 13.2 Å². The molecule has 1 amide bonds. The van der Waals surface area contributed by atoms with Gasteiger partial charge < -0.3 is 15.8 Å². The van der Waals surface area contributed by atoms with Crippen LogP contribution in [0.15, 0.2) is 6.20 Å². The number of carbonyl (C=O) groups is 1. The zero-order valence-electron chi connectivity index (χ0n) is 10.1. The second-order valence-corrected chi connectivity index (χ2v) is 4.33. The van der Waals surface area contributed by atoms with Gasteiger partial charge in [-0.3, -0.25) is 9.48 Å². The Morgan fingerprint density at radius 3 is 2.94 bits per heavy atom. The summed E-state index contributed by atoms with van der Waals surface area (Å²) in [4.78, 5) is 11.8. The molecule has 1 saturated carbocycles. The molecule has 1 heterocycles. The summed E-state index contributed by atoms with van der Waals surface area (Å²) in [7, 11) is 1.74. The Labute approximate surface area is 100 Å². The molecule has 94 valence electrons. The largest absolute Gasteiger partial charge is 0.396 e. The highest BCUT2D eigenvalue weighted by atomic mass is 16.5. The average Bonchev–Trinajstić information content (AvgIpc) is 2.54. The molecule has 3 N–H and O–H groups in total. The molecule has 1 aliphatic rings. The van der Waals surface area contributed by atoms with Crippen molar-refractivity contribution in [3.63, 3.8) is 0 Å². The van der Waals surface area contributed by atoms with E-state index in [2.05, 4.69) is 10.4 Å². The number of ether oxygens (including phenoxy) is 1. The first kappa shape index (κ1) is 11.9. The van der Waals surface area contributed by atoms with Crippen LogP contribution in [0.3, 0.4) is 0 Å². The molecule has 0 saturated heterocycles. The second-order valence-electron chi connectivity index (χ2n) is 4.33. The standard InChI is InChI=1S/C11H18N4O2/c1-3-17-8-4-7(5-8)13-11(16)10-9(12)6-15(2)14-10/h6-8H,3-5,12H2,1-2H3,(H,13,16). The molecular formula is C11H18N4O2. The van der Waals surface area contributed by atoms with E-state index >= 15 is 0 Å². The maximum Gasteiger partial charge on any atom is 0.274 e. The lowest BCUT2D eigenvalue weighted by atomic mass is 9.89. The zero-order chi connectivity index (χ0) is 12.4. The third-order valence-electron chi connectivity index (χ3n) is 2.90. The Kier molecular flexibility index (Phi) is 3.33. The van der Waals surface area contributed by atoms with E-state index in [1.165, 1.54) is 4.68 Å². The number of hydrogen-bond donors (Lipinski definition) is 2. The predicted molar refractivity (Wildman–Crippen MR) is 63.5 cm³/mol. The van der Waals surface area contributed by atoms with Crippen LogP contribution in [0, 0.1) is 0 Å². The van der Waals surface area contributed by atoms with Gasteiger partial charge in [0.15, 0.2) is 5.69 Å². The highest BCUT2D eigenvalue weighted by molar-refractivity contribution is 5.97. The Hall–Kier alpha value is -1.56. The third kappa shape index (κ3) is 2.58. The van der Waals surface area contributed by atoms with E-state index in [4.69, 9.17) is 10.5 Å². The van der Waals surface area contributed by atoms with Crippen LogP contribution < -0.4 is 11.1 Å². The SMILES string of the molecule is CCOC1CC(NC(=O)c2nn(C)cc2N)C1. The number of carbonyl (C=O) groups excluding carboxylic acids is 1. The molecule has 0 bridgehead atoms. The lowest BCUT2D eigenvalue weighted by Crippen LogP contribution is -2.48. The van der Waals surface area contributed by atoms with Crippen molar-refractivity contribution in [2.45, 2.75) is 31.9 Å². The van der Waals surface area contributed by atoms with E-state index in [-0.39, 0.29) is 18.1 Å². The smallest absolute Gasteiger partial charge is 0.274 e. The highest BCUT2D eigenvalue weighted by Gasteiger charge is 2.31. The van der Waals surface area contributed by atoms with Gasteiger partial charge >= 0.3 is 0 Å². The lowest BCUT2D eigenvalue weighted by molar-refractivity contribution is -0.00866. The Balaban J connectivity index is 1.85. The number of hydrogen-bond acceptors (Lipinski definition) is 4. The quantitative estimate of drug-likeness (QED) is 0.790. The van der Waals surface area contributed by atoms with Gasteiger partial charge in [0.25, 0.3) is 5.91 Å². The summed E-state index contributed by atoms with van der Waals surface area (Å²) >= 11 is 0. The number of rotatable bonds is 4. The van der Waals surface area contributed by atoms with E-state index in [9.17, 15) is 4.79 Å². The van der Waals surface area contributed by atoms with Gasteiger partial charge in [-0.05, 0) is 19.8 Å². The van der Waals surface area contributed by atoms with Crippen LogP contribution in [-0.4, -0.2) is 34.4 Å². The van der Waals surface area contributed by atoms with Crippen LogP contribution in [-0.2, 0) is 11.8 Å². The maximum absolute atomic E-state index is 11.8. The number of nitrogens with two attached hydrogens (primary N) is 1. The van der Waals surface area contributed by atoms with Gasteiger partial charge in [0, 0.05) is 25.9 Å². The zero-order valence-corrected chi connectivity index (χ0v) is 10.1. The third-order valence-corrected chi connectivity index (χ3v) is 2.90. The van der Waals surface area contributed by atoms with Crippen molar-refractivity contribution in [3.05, 3.63) is 11.9 Å². The summed E-state index contributed by atoms with van der Waals surface area (Å²) < 4.78 is 6.96. The van der Waals surface area contributed by atoms with Gasteiger partial charge in [-0.25, -0.2) is 0 Å². The van der Waals surface area contributed by atoms with Crippen LogP contribution in [0.4, 0.5) is 5.69 Å². The van der Waals surface area contributed by atoms with Crippen LogP contribution in [0.5, 0.6) is 0 Å². The molecule has 1 aliphatic carbocycles. The van der Waals surface area contributed by atoms with Crippen molar-refractivity contribution in [2.75, 3.05) is 12.3 Å². The average molecular weight is 238 g/mol. The van der Waals surface area contributed by atoms with Gasteiger partial charge in [-0.15, -0.1) is 0 Å². The van der Waals surface area contributed by atoms with Gasteiger partial charge in [-0.1, -0.05) is 0 Å². The molecule has 1 aromatic heterocycles. The fraction of sp³-hybridized carbons (Fsp3) is 0.636. The molecule has 0 aliphatic heterocycles. The maximum atomic E-state index is 11.8. The predicted octanol–water partition coefficient (Wildman–Crippen LogP) is 0.300. The van der Waals surface area contributed by atoms with Crippen molar-refractivity contribution in [1.82, 2.24) is 15.1 Å². The van der Waals surface area contributed by atoms with E-state index < -0.39 is 0 Å². The molecule has 0 unspecified atom stereocenters. The van der Waals surface area contributed by atoms with Gasteiger partial charge in [0.1, 0.15) is 0 Å². The molecule has 0 aromatic carbocycles. The molecule has 2 rings (SSSR count). The van der Waals surface area contributed by atoms with E-state index in [0.29, 0.717) is 11.4 Å². The molecule has 17 heavy (non-hydrogen) atoms. The molecule has 0 spiro atoms. The Morgan fingerprint density at radius 1 is 1.71 bits per heavy atom. The normalized spacial score (nSPS) is 23.2. The monoisotopic (exact) mass is 238 g/mol. The lowest BCUT2D eigenvalue weighted by Gasteiger charge is -2.35. The fourth-order valence-electron chi connectivity index (χ4n) is 1.99. The topological polar surface area (TPSA) is 82.2 Å². The number of amides is 1. The summed E-state index contributed by atoms with van der Waals surface area (Å²) in [6, 6.07) is 0.181. The summed E-state index contributed by atoms with van der Waals surface area (Å²) in [5.41, 5.74) is 6.39. The minimum absolute atomic E-state index is 0.181. The molecule has 6 nitrogen and oxygen atoms in total. The number of anilines is 1. The first-order chi connectivity index (χ1) is 8.10. The van der Waals surface area contributed by atoms with E-state index in [1.807, 2.05) is 6.92 Å². The number of nitrogens with one attached hydrogen (secondary N) is 1. The van der Waals surface area contributed by atoms with Gasteiger partial charge in [-0.2, -0.15) is 5.10 Å². The molecule has 0 atom stereocenters. The molecule has 6 heteroatoms. The number of nitrogens with zero attached hydrogens (tertiary/aromatic N) is 2. The van der Waals surface area contributed by atoms with Crippen molar-refractivity contribution in [1.29, 1.82) is 0 Å². The summed E-state index contributed by atoms with van der Waals surface area (Å²) in [5, 5.41) is 6.93. The fourth-order valence-corrected chi connectivity index (χ4v) is 1.99. The number of aromatic nitrogens is 2. The van der Waals surface area contributed by atoms with Crippen LogP contribution in [0.25, 0.3) is 0 Å². The molecule has 0 radical (unpaired) electrons. The molecular weight excluding hydrogens is 220 g/mol. The Morgan fingerprint density at radius 2 is 2.41 bits per heavy atom. The summed E-state index contributed by atoms with van der Waals surface area (Å²) in [6.45, 7) is 2.69. The summed E-state index contributed by atoms with van der Waals surface area (Å²) in [5.74, 6) is -0.206. The minimum Gasteiger partial charge on any atom is -0.396 e. The van der Waals surface area contributed by atoms with Crippen molar-refractivity contribution < 1.29 is 9.53 Å². The highest BCUT2D eigenvalue weighted by Crippen LogP contribution is 2.23. The molecule has 1 aromatic rings. The second kappa shape index (κ2) is 4.75. The number of aryl methyl sites for hydroxylation is 1. The van der Waals surface area contributed by atoms with Crippen LogP contribution >= 0.6 is 0 Å². The summed E-state index contributed by atoms with van der Waals surface area (Å²) in [6.07, 6.45) is 3.64. The minimum atomic E-state index is -0.206. The molecule has 1 fully saturated rings. The van der Waals surface area contributed by atoms with Crippen molar-refractivity contribution in [2.24, 2.45) is 7.05 Å². The van der Waals surface area contributed by atoms with Crippen molar-refractivity contribution >= 4 is 11.6 Å². The first-order valence-electron chi connectivity index (χ1n) is 5.81. The van der Waals surface area contributed by atoms with E-state index in [0.717, 1.165) is 19.4 Å². The van der Waals surface area contributed by atoms with Crippen LogP contribution in [0.1, 0.15) is 30.3 Å². The Bertz CT molecular complexity index is 410. The first-order valence-corrected chi connectivity index (χ1v) is 5.81. The van der Waals surface area contributed by atoms with Crippen LogP contribution in [0.2, 0.25) is 0 Å².